The van der Waals surface area contributed by atoms with Crippen molar-refractivity contribution in [3.05, 3.63) is 35.6 Å². The van der Waals surface area contributed by atoms with E-state index in [0.717, 1.165) is 31.2 Å². The first-order chi connectivity index (χ1) is 8.63. The van der Waals surface area contributed by atoms with Crippen molar-refractivity contribution in [1.82, 2.24) is 4.90 Å². The second-order valence-corrected chi connectivity index (χ2v) is 6.35. The fraction of sp³-hybridized carbons (Fsp3) is 0.500. The summed E-state index contributed by atoms with van der Waals surface area (Å²) in [6, 6.07) is 6.69. The molecule has 1 aliphatic rings. The molecule has 1 fully saturated rings. The lowest BCUT2D eigenvalue weighted by Crippen LogP contribution is -2.47. The van der Waals surface area contributed by atoms with Crippen molar-refractivity contribution >= 4 is 28.9 Å². The number of alkyl halides is 1. The van der Waals surface area contributed by atoms with Crippen LogP contribution in [0.15, 0.2) is 24.3 Å². The summed E-state index contributed by atoms with van der Waals surface area (Å²) in [5.74, 6) is -0.219. The Hall–Kier alpha value is -0.490. The van der Waals surface area contributed by atoms with Crippen LogP contribution in [0, 0.1) is 5.82 Å². The van der Waals surface area contributed by atoms with E-state index >= 15 is 0 Å². The molecular formula is C14H17FINO. The van der Waals surface area contributed by atoms with E-state index in [0.29, 0.717) is 3.92 Å². The standard InChI is InChI=1S/C14H17FINO/c1-10(11-4-6-12(15)7-5-11)17-8-2-3-13(16)14(17)9-18/h4-7,9-10,13-14H,2-3,8H2,1H3. The van der Waals surface area contributed by atoms with Crippen molar-refractivity contribution in [2.45, 2.75) is 35.8 Å². The number of rotatable bonds is 3. The minimum atomic E-state index is -0.219. The molecule has 18 heavy (non-hydrogen) atoms. The van der Waals surface area contributed by atoms with Gasteiger partial charge in [0.05, 0.1) is 6.04 Å². The topological polar surface area (TPSA) is 20.3 Å². The van der Waals surface area contributed by atoms with Gasteiger partial charge in [0.25, 0.3) is 0 Å². The van der Waals surface area contributed by atoms with Gasteiger partial charge in [0.1, 0.15) is 12.1 Å². The maximum atomic E-state index is 12.9. The van der Waals surface area contributed by atoms with Crippen molar-refractivity contribution in [1.29, 1.82) is 0 Å². The zero-order valence-corrected chi connectivity index (χ0v) is 12.5. The highest BCUT2D eigenvalue weighted by atomic mass is 127. The molecule has 0 amide bonds. The van der Waals surface area contributed by atoms with Crippen LogP contribution in [0.2, 0.25) is 0 Å². The summed E-state index contributed by atoms with van der Waals surface area (Å²) in [7, 11) is 0. The first-order valence-corrected chi connectivity index (χ1v) is 7.48. The Morgan fingerprint density at radius 2 is 2.11 bits per heavy atom. The predicted octanol–water partition coefficient (Wildman–Crippen LogP) is 3.35. The number of carbonyl (C=O) groups excluding carboxylic acids is 1. The lowest BCUT2D eigenvalue weighted by atomic mass is 9.98. The lowest BCUT2D eigenvalue weighted by Gasteiger charge is -2.40. The number of hydrogen-bond donors (Lipinski definition) is 0. The van der Waals surface area contributed by atoms with Crippen molar-refractivity contribution in [2.24, 2.45) is 0 Å². The molecule has 1 saturated heterocycles. The molecule has 1 aliphatic heterocycles. The van der Waals surface area contributed by atoms with E-state index in [1.807, 2.05) is 0 Å². The van der Waals surface area contributed by atoms with Gasteiger partial charge >= 0.3 is 0 Å². The van der Waals surface area contributed by atoms with Crippen LogP contribution < -0.4 is 0 Å². The molecular weight excluding hydrogens is 344 g/mol. The van der Waals surface area contributed by atoms with E-state index in [1.165, 1.54) is 12.1 Å². The number of hydrogen-bond acceptors (Lipinski definition) is 2. The molecule has 2 rings (SSSR count). The highest BCUT2D eigenvalue weighted by Crippen LogP contribution is 2.31. The summed E-state index contributed by atoms with van der Waals surface area (Å²) in [5, 5.41) is 0. The molecule has 0 radical (unpaired) electrons. The average Bonchev–Trinajstić information content (AvgIpc) is 2.38. The molecule has 0 N–H and O–H groups in total. The Balaban J connectivity index is 2.18. The smallest absolute Gasteiger partial charge is 0.138 e. The van der Waals surface area contributed by atoms with E-state index in [2.05, 4.69) is 34.4 Å². The fourth-order valence-corrected chi connectivity index (χ4v) is 3.57. The van der Waals surface area contributed by atoms with E-state index in [4.69, 9.17) is 0 Å². The van der Waals surface area contributed by atoms with Gasteiger partial charge < -0.3 is 4.79 Å². The van der Waals surface area contributed by atoms with Crippen molar-refractivity contribution < 1.29 is 9.18 Å². The maximum absolute atomic E-state index is 12.9. The van der Waals surface area contributed by atoms with Gasteiger partial charge in [0.2, 0.25) is 0 Å². The van der Waals surface area contributed by atoms with Crippen molar-refractivity contribution in [3.8, 4) is 0 Å². The number of aldehydes is 1. The second kappa shape index (κ2) is 6.10. The zero-order chi connectivity index (χ0) is 13.1. The number of likely N-dealkylation sites (tertiary alicyclic amines) is 1. The highest BCUT2D eigenvalue weighted by Gasteiger charge is 2.32. The Kier molecular flexibility index (Phi) is 4.72. The van der Waals surface area contributed by atoms with Gasteiger partial charge in [-0.15, -0.1) is 0 Å². The molecule has 3 unspecified atom stereocenters. The summed E-state index contributed by atoms with van der Waals surface area (Å²) in [4.78, 5) is 13.5. The summed E-state index contributed by atoms with van der Waals surface area (Å²) in [6.45, 7) is 3.01. The minimum absolute atomic E-state index is 0.0283. The van der Waals surface area contributed by atoms with Gasteiger partial charge in [0, 0.05) is 9.97 Å². The Morgan fingerprint density at radius 1 is 1.44 bits per heavy atom. The van der Waals surface area contributed by atoms with Gasteiger partial charge in [-0.25, -0.2) is 4.39 Å². The van der Waals surface area contributed by atoms with Gasteiger partial charge in [-0.3, -0.25) is 4.90 Å². The SMILES string of the molecule is CC(c1ccc(F)cc1)N1CCCC(I)C1C=O. The normalized spacial score (nSPS) is 26.8. The molecule has 1 aromatic carbocycles. The number of benzene rings is 1. The summed E-state index contributed by atoms with van der Waals surface area (Å²) < 4.78 is 13.3. The Morgan fingerprint density at radius 3 is 2.72 bits per heavy atom. The van der Waals surface area contributed by atoms with Crippen LogP contribution in [-0.2, 0) is 4.79 Å². The minimum Gasteiger partial charge on any atom is -0.302 e. The second-order valence-electron chi connectivity index (χ2n) is 4.75. The highest BCUT2D eigenvalue weighted by molar-refractivity contribution is 14.1. The van der Waals surface area contributed by atoms with Gasteiger partial charge in [-0.2, -0.15) is 0 Å². The third-order valence-electron chi connectivity index (χ3n) is 3.64. The van der Waals surface area contributed by atoms with Crippen LogP contribution in [0.4, 0.5) is 4.39 Å². The van der Waals surface area contributed by atoms with Crippen molar-refractivity contribution in [3.63, 3.8) is 0 Å². The molecule has 0 aromatic heterocycles. The molecule has 3 atom stereocenters. The largest absolute Gasteiger partial charge is 0.302 e. The Labute approximate surface area is 121 Å². The van der Waals surface area contributed by atoms with E-state index in [9.17, 15) is 9.18 Å². The van der Waals surface area contributed by atoms with Gasteiger partial charge in [0.15, 0.2) is 0 Å². The summed E-state index contributed by atoms with van der Waals surface area (Å²) in [6.07, 6.45) is 3.26. The monoisotopic (exact) mass is 361 g/mol. The van der Waals surface area contributed by atoms with Crippen LogP contribution in [0.5, 0.6) is 0 Å². The first-order valence-electron chi connectivity index (χ1n) is 6.24. The van der Waals surface area contributed by atoms with Crippen LogP contribution in [0.3, 0.4) is 0 Å². The van der Waals surface area contributed by atoms with Gasteiger partial charge in [-0.1, -0.05) is 34.7 Å². The number of halogens is 2. The maximum Gasteiger partial charge on any atom is 0.138 e. The van der Waals surface area contributed by atoms with Gasteiger partial charge in [-0.05, 0) is 44.0 Å². The summed E-state index contributed by atoms with van der Waals surface area (Å²) in [5.41, 5.74) is 1.06. The predicted molar refractivity (Wildman–Crippen MR) is 78.4 cm³/mol. The molecule has 0 bridgehead atoms. The van der Waals surface area contributed by atoms with Crippen LogP contribution in [0.25, 0.3) is 0 Å². The number of piperidine rings is 1. The van der Waals surface area contributed by atoms with E-state index in [-0.39, 0.29) is 17.9 Å². The molecule has 0 spiro atoms. The van der Waals surface area contributed by atoms with E-state index in [1.54, 1.807) is 12.1 Å². The molecule has 0 saturated carbocycles. The number of carbonyl (C=O) groups is 1. The Bertz CT molecular complexity index is 409. The van der Waals surface area contributed by atoms with Crippen LogP contribution >= 0.6 is 22.6 Å². The molecule has 98 valence electrons. The zero-order valence-electron chi connectivity index (χ0n) is 10.4. The third kappa shape index (κ3) is 2.91. The lowest BCUT2D eigenvalue weighted by molar-refractivity contribution is -0.114. The molecule has 4 heteroatoms. The molecule has 1 heterocycles. The average molecular weight is 361 g/mol. The molecule has 2 nitrogen and oxygen atoms in total. The quantitative estimate of drug-likeness (QED) is 0.468. The number of nitrogens with zero attached hydrogens (tertiary/aromatic N) is 1. The van der Waals surface area contributed by atoms with Crippen LogP contribution in [-0.4, -0.2) is 27.7 Å². The van der Waals surface area contributed by atoms with E-state index < -0.39 is 0 Å². The molecule has 1 aromatic rings. The van der Waals surface area contributed by atoms with Crippen molar-refractivity contribution in [2.75, 3.05) is 6.54 Å². The fourth-order valence-electron chi connectivity index (χ4n) is 2.54. The first kappa shape index (κ1) is 13.9. The summed E-state index contributed by atoms with van der Waals surface area (Å²) >= 11 is 2.36. The molecule has 0 aliphatic carbocycles. The third-order valence-corrected chi connectivity index (χ3v) is 5.00. The van der Waals surface area contributed by atoms with Crippen LogP contribution in [0.1, 0.15) is 31.4 Å².